The quantitative estimate of drug-likeness (QED) is 0.651. The molecule has 0 heterocycles. The summed E-state index contributed by atoms with van der Waals surface area (Å²) in [6, 6.07) is 13.0. The van der Waals surface area contributed by atoms with Crippen molar-refractivity contribution in [3.05, 3.63) is 62.5 Å². The van der Waals surface area contributed by atoms with E-state index in [-0.39, 0.29) is 5.78 Å². The van der Waals surface area contributed by atoms with Gasteiger partial charge in [-0.1, -0.05) is 50.1 Å². The van der Waals surface area contributed by atoms with Gasteiger partial charge >= 0.3 is 0 Å². The van der Waals surface area contributed by atoms with Gasteiger partial charge in [0.15, 0.2) is 5.78 Å². The minimum Gasteiger partial charge on any atom is -0.399 e. The van der Waals surface area contributed by atoms with Gasteiger partial charge in [0, 0.05) is 26.6 Å². The van der Waals surface area contributed by atoms with Crippen molar-refractivity contribution in [3.8, 4) is 0 Å². The summed E-state index contributed by atoms with van der Waals surface area (Å²) in [5, 5.41) is 0. The maximum absolute atomic E-state index is 12.2. The highest BCUT2D eigenvalue weighted by Crippen LogP contribution is 2.23. The SMILES string of the molecule is Nc1ccc(Br)c(C(=O)Cc2ccccc2Br)c1. The van der Waals surface area contributed by atoms with E-state index in [2.05, 4.69) is 31.9 Å². The Morgan fingerprint density at radius 3 is 2.50 bits per heavy atom. The Balaban J connectivity index is 2.28. The predicted molar refractivity (Wildman–Crippen MR) is 80.7 cm³/mol. The fraction of sp³-hybridized carbons (Fsp3) is 0.0714. The van der Waals surface area contributed by atoms with Gasteiger partial charge in [-0.2, -0.15) is 0 Å². The topological polar surface area (TPSA) is 43.1 Å². The fourth-order valence-electron chi connectivity index (χ4n) is 1.67. The number of hydrogen-bond acceptors (Lipinski definition) is 2. The lowest BCUT2D eigenvalue weighted by atomic mass is 10.0. The van der Waals surface area contributed by atoms with Crippen LogP contribution in [0.3, 0.4) is 0 Å². The van der Waals surface area contributed by atoms with E-state index < -0.39 is 0 Å². The zero-order valence-electron chi connectivity index (χ0n) is 9.49. The number of hydrogen-bond donors (Lipinski definition) is 1. The molecule has 2 aromatic carbocycles. The van der Waals surface area contributed by atoms with Crippen LogP contribution in [0.25, 0.3) is 0 Å². The van der Waals surface area contributed by atoms with Gasteiger partial charge in [-0.25, -0.2) is 0 Å². The van der Waals surface area contributed by atoms with E-state index in [1.807, 2.05) is 24.3 Å². The Bertz CT molecular complexity index is 596. The molecular formula is C14H11Br2NO. The maximum Gasteiger partial charge on any atom is 0.168 e. The van der Waals surface area contributed by atoms with E-state index in [0.29, 0.717) is 17.7 Å². The lowest BCUT2D eigenvalue weighted by Gasteiger charge is -2.06. The van der Waals surface area contributed by atoms with Crippen LogP contribution >= 0.6 is 31.9 Å². The molecule has 0 aliphatic rings. The molecule has 18 heavy (non-hydrogen) atoms. The zero-order chi connectivity index (χ0) is 13.1. The fourth-order valence-corrected chi connectivity index (χ4v) is 2.56. The third-order valence-corrected chi connectivity index (χ3v) is 4.06. The van der Waals surface area contributed by atoms with Crippen LogP contribution in [0, 0.1) is 0 Å². The van der Waals surface area contributed by atoms with E-state index in [1.165, 1.54) is 0 Å². The first-order chi connectivity index (χ1) is 8.58. The molecule has 0 saturated heterocycles. The highest BCUT2D eigenvalue weighted by Gasteiger charge is 2.12. The molecule has 0 saturated carbocycles. The summed E-state index contributed by atoms with van der Waals surface area (Å²) in [5.41, 5.74) is 7.88. The molecule has 2 N–H and O–H groups in total. The summed E-state index contributed by atoms with van der Waals surface area (Å²) in [5.74, 6) is 0.0427. The summed E-state index contributed by atoms with van der Waals surface area (Å²) in [6.45, 7) is 0. The van der Waals surface area contributed by atoms with Crippen LogP contribution < -0.4 is 5.73 Å². The van der Waals surface area contributed by atoms with Gasteiger partial charge in [-0.3, -0.25) is 4.79 Å². The Labute approximate surface area is 122 Å². The van der Waals surface area contributed by atoms with Crippen molar-refractivity contribution in [3.63, 3.8) is 0 Å². The van der Waals surface area contributed by atoms with Crippen molar-refractivity contribution in [2.75, 3.05) is 5.73 Å². The molecular weight excluding hydrogens is 358 g/mol. The molecule has 0 fully saturated rings. The molecule has 2 aromatic rings. The minimum atomic E-state index is 0.0427. The molecule has 0 radical (unpaired) electrons. The van der Waals surface area contributed by atoms with Crippen LogP contribution in [0.15, 0.2) is 51.4 Å². The van der Waals surface area contributed by atoms with E-state index in [9.17, 15) is 4.79 Å². The first kappa shape index (κ1) is 13.3. The number of anilines is 1. The number of rotatable bonds is 3. The number of halogens is 2. The van der Waals surface area contributed by atoms with Gasteiger partial charge < -0.3 is 5.73 Å². The second kappa shape index (κ2) is 5.67. The summed E-state index contributed by atoms with van der Waals surface area (Å²) in [4.78, 5) is 12.2. The predicted octanol–water partition coefficient (Wildman–Crippen LogP) is 4.22. The second-order valence-corrected chi connectivity index (χ2v) is 5.64. The zero-order valence-corrected chi connectivity index (χ0v) is 12.7. The van der Waals surface area contributed by atoms with Crippen molar-refractivity contribution >= 4 is 43.3 Å². The van der Waals surface area contributed by atoms with E-state index in [0.717, 1.165) is 14.5 Å². The van der Waals surface area contributed by atoms with Gasteiger partial charge in [0.05, 0.1) is 0 Å². The molecule has 0 aromatic heterocycles. The summed E-state index contributed by atoms with van der Waals surface area (Å²) < 4.78 is 1.71. The Morgan fingerprint density at radius 1 is 1.06 bits per heavy atom. The van der Waals surface area contributed by atoms with Crippen LogP contribution in [0.1, 0.15) is 15.9 Å². The van der Waals surface area contributed by atoms with Gasteiger partial charge in [0.25, 0.3) is 0 Å². The van der Waals surface area contributed by atoms with Gasteiger partial charge in [0.2, 0.25) is 0 Å². The largest absolute Gasteiger partial charge is 0.399 e. The molecule has 0 unspecified atom stereocenters. The molecule has 92 valence electrons. The molecule has 2 nitrogen and oxygen atoms in total. The number of carbonyl (C=O) groups excluding carboxylic acids is 1. The standard InChI is InChI=1S/C14H11Br2NO/c15-12-4-2-1-3-9(12)7-14(18)11-8-10(17)5-6-13(11)16/h1-6,8H,7,17H2. The lowest BCUT2D eigenvalue weighted by molar-refractivity contribution is 0.0992. The molecule has 0 bridgehead atoms. The van der Waals surface area contributed by atoms with Gasteiger partial charge in [0.1, 0.15) is 0 Å². The smallest absolute Gasteiger partial charge is 0.168 e. The molecule has 4 heteroatoms. The number of carbonyl (C=O) groups is 1. The summed E-state index contributed by atoms with van der Waals surface area (Å²) in [7, 11) is 0. The highest BCUT2D eigenvalue weighted by molar-refractivity contribution is 9.10. The van der Waals surface area contributed by atoms with Crippen molar-refractivity contribution < 1.29 is 4.79 Å². The van der Waals surface area contributed by atoms with E-state index in [4.69, 9.17) is 5.73 Å². The first-order valence-electron chi connectivity index (χ1n) is 5.39. The highest BCUT2D eigenvalue weighted by atomic mass is 79.9. The van der Waals surface area contributed by atoms with Crippen molar-refractivity contribution in [1.82, 2.24) is 0 Å². The summed E-state index contributed by atoms with van der Waals surface area (Å²) >= 11 is 6.82. The van der Waals surface area contributed by atoms with Crippen LogP contribution in [0.2, 0.25) is 0 Å². The van der Waals surface area contributed by atoms with E-state index in [1.54, 1.807) is 18.2 Å². The molecule has 0 amide bonds. The van der Waals surface area contributed by atoms with Crippen molar-refractivity contribution in [2.24, 2.45) is 0 Å². The molecule has 0 aliphatic heterocycles. The normalized spacial score (nSPS) is 10.3. The van der Waals surface area contributed by atoms with Crippen LogP contribution in [0.5, 0.6) is 0 Å². The Morgan fingerprint density at radius 2 is 1.78 bits per heavy atom. The van der Waals surface area contributed by atoms with Crippen molar-refractivity contribution in [1.29, 1.82) is 0 Å². The van der Waals surface area contributed by atoms with Crippen molar-refractivity contribution in [2.45, 2.75) is 6.42 Å². The number of ketones is 1. The number of nitrogen functional groups attached to an aromatic ring is 1. The average Bonchev–Trinajstić information content (AvgIpc) is 2.35. The summed E-state index contributed by atoms with van der Waals surface area (Å²) in [6.07, 6.45) is 0.351. The van der Waals surface area contributed by atoms with Crippen LogP contribution in [-0.2, 0) is 6.42 Å². The third-order valence-electron chi connectivity index (χ3n) is 2.60. The maximum atomic E-state index is 12.2. The van der Waals surface area contributed by atoms with Gasteiger partial charge in [-0.05, 0) is 29.8 Å². The number of Topliss-reactive ketones (excluding diaryl/α,β-unsaturated/α-hetero) is 1. The molecule has 0 aliphatic carbocycles. The van der Waals surface area contributed by atoms with Crippen LogP contribution in [0.4, 0.5) is 5.69 Å². The number of nitrogens with two attached hydrogens (primary N) is 1. The molecule has 2 rings (SSSR count). The Kier molecular flexibility index (Phi) is 4.19. The van der Waals surface area contributed by atoms with Crippen LogP contribution in [-0.4, -0.2) is 5.78 Å². The molecule has 0 atom stereocenters. The molecule has 0 spiro atoms. The first-order valence-corrected chi connectivity index (χ1v) is 6.98. The average molecular weight is 369 g/mol. The second-order valence-electron chi connectivity index (χ2n) is 3.93. The minimum absolute atomic E-state index is 0.0427. The van der Waals surface area contributed by atoms with Gasteiger partial charge in [-0.15, -0.1) is 0 Å². The third kappa shape index (κ3) is 3.00. The lowest BCUT2D eigenvalue weighted by Crippen LogP contribution is -2.05. The Hall–Kier alpha value is -1.13. The van der Waals surface area contributed by atoms with E-state index >= 15 is 0 Å². The monoisotopic (exact) mass is 367 g/mol. The number of benzene rings is 2.